The number of primary amides is 1. The number of amides is 3. The van der Waals surface area contributed by atoms with Crippen molar-refractivity contribution in [3.05, 3.63) is 53.6 Å². The Morgan fingerprint density at radius 3 is 2.43 bits per heavy atom. The quantitative estimate of drug-likeness (QED) is 0.784. The zero-order chi connectivity index (χ0) is 15.2. The van der Waals surface area contributed by atoms with E-state index in [9.17, 15) is 9.59 Å². The number of nitrogens with one attached hydrogen (secondary N) is 2. The van der Waals surface area contributed by atoms with E-state index in [2.05, 4.69) is 20.6 Å². The fourth-order valence-electron chi connectivity index (χ4n) is 1.63. The summed E-state index contributed by atoms with van der Waals surface area (Å²) in [4.78, 5) is 30.6. The lowest BCUT2D eigenvalue weighted by atomic mass is 10.2. The van der Waals surface area contributed by atoms with E-state index in [0.717, 1.165) is 11.3 Å². The molecule has 0 saturated carbocycles. The molecule has 0 spiro atoms. The molecule has 0 saturated heterocycles. The maximum atomic E-state index is 11.9. The maximum Gasteiger partial charge on any atom is 0.316 e. The molecule has 7 nitrogen and oxygen atoms in total. The van der Waals surface area contributed by atoms with Crippen molar-refractivity contribution in [1.29, 1.82) is 0 Å². The van der Waals surface area contributed by atoms with Crippen LogP contribution in [-0.4, -0.2) is 21.9 Å². The predicted octanol–water partition coefficient (Wildman–Crippen LogP) is 1.21. The van der Waals surface area contributed by atoms with Crippen LogP contribution in [0.15, 0.2) is 36.7 Å². The van der Waals surface area contributed by atoms with Gasteiger partial charge in [-0.3, -0.25) is 9.78 Å². The number of aryl methyl sites for hydroxylation is 1. The van der Waals surface area contributed by atoms with Crippen molar-refractivity contribution in [2.45, 2.75) is 13.5 Å². The summed E-state index contributed by atoms with van der Waals surface area (Å²) in [5.41, 5.74) is 7.53. The summed E-state index contributed by atoms with van der Waals surface area (Å²) in [5, 5.41) is 5.20. The monoisotopic (exact) mass is 285 g/mol. The van der Waals surface area contributed by atoms with Crippen LogP contribution in [0.5, 0.6) is 0 Å². The molecule has 0 aliphatic heterocycles. The summed E-state index contributed by atoms with van der Waals surface area (Å²) in [5.74, 6) is -0.290. The average Bonchev–Trinajstić information content (AvgIpc) is 2.46. The summed E-state index contributed by atoms with van der Waals surface area (Å²) >= 11 is 0. The molecule has 0 atom stereocenters. The van der Waals surface area contributed by atoms with Crippen molar-refractivity contribution in [2.75, 3.05) is 5.32 Å². The molecule has 3 amide bonds. The van der Waals surface area contributed by atoms with E-state index in [0.29, 0.717) is 12.2 Å². The van der Waals surface area contributed by atoms with E-state index in [-0.39, 0.29) is 11.6 Å². The number of hydrogen-bond donors (Lipinski definition) is 3. The number of rotatable bonds is 4. The number of carbonyl (C=O) groups is 2. The van der Waals surface area contributed by atoms with Crippen molar-refractivity contribution >= 4 is 17.6 Å². The van der Waals surface area contributed by atoms with Crippen LogP contribution in [0.4, 0.5) is 10.5 Å². The number of urea groups is 1. The lowest BCUT2D eigenvalue weighted by Gasteiger charge is -2.06. The molecule has 1 heterocycles. The Balaban J connectivity index is 1.92. The van der Waals surface area contributed by atoms with Gasteiger partial charge in [-0.2, -0.15) is 0 Å². The highest BCUT2D eigenvalue weighted by molar-refractivity contribution is 5.91. The zero-order valence-electron chi connectivity index (χ0n) is 11.5. The minimum Gasteiger partial charge on any atom is -0.351 e. The molecule has 2 aromatic rings. The molecule has 0 unspecified atom stereocenters. The molecule has 4 N–H and O–H groups in total. The van der Waals surface area contributed by atoms with Gasteiger partial charge in [0.25, 0.3) is 5.91 Å². The minimum absolute atomic E-state index is 0.271. The van der Waals surface area contributed by atoms with E-state index < -0.39 is 6.03 Å². The van der Waals surface area contributed by atoms with Gasteiger partial charge in [-0.15, -0.1) is 0 Å². The van der Waals surface area contributed by atoms with Crippen LogP contribution in [0.25, 0.3) is 0 Å². The third-order valence-electron chi connectivity index (χ3n) is 2.69. The molecule has 21 heavy (non-hydrogen) atoms. The largest absolute Gasteiger partial charge is 0.351 e. The fraction of sp³-hybridized carbons (Fsp3) is 0.143. The number of carbonyl (C=O) groups excluding carboxylic acids is 2. The van der Waals surface area contributed by atoms with Crippen LogP contribution in [0.3, 0.4) is 0 Å². The van der Waals surface area contributed by atoms with Gasteiger partial charge in [0.1, 0.15) is 5.69 Å². The highest BCUT2D eigenvalue weighted by Gasteiger charge is 2.07. The Kier molecular flexibility index (Phi) is 4.45. The number of benzene rings is 1. The minimum atomic E-state index is -0.617. The first-order chi connectivity index (χ1) is 10.0. The molecule has 0 fully saturated rings. The lowest BCUT2D eigenvalue weighted by Crippen LogP contribution is -2.24. The van der Waals surface area contributed by atoms with Gasteiger partial charge >= 0.3 is 6.03 Å². The average molecular weight is 285 g/mol. The normalized spacial score (nSPS) is 9.95. The number of nitrogens with two attached hydrogens (primary N) is 1. The Hall–Kier alpha value is -2.96. The first-order valence-electron chi connectivity index (χ1n) is 6.27. The topological polar surface area (TPSA) is 110 Å². The van der Waals surface area contributed by atoms with Gasteiger partial charge in [0.05, 0.1) is 11.9 Å². The van der Waals surface area contributed by atoms with Gasteiger partial charge in [-0.05, 0) is 24.6 Å². The second-order valence-corrected chi connectivity index (χ2v) is 4.41. The fourth-order valence-corrected chi connectivity index (χ4v) is 1.63. The molecule has 7 heteroatoms. The highest BCUT2D eigenvalue weighted by Crippen LogP contribution is 2.09. The second-order valence-electron chi connectivity index (χ2n) is 4.41. The van der Waals surface area contributed by atoms with Gasteiger partial charge in [0.2, 0.25) is 0 Å². The molecule has 0 aliphatic rings. The van der Waals surface area contributed by atoms with E-state index in [1.165, 1.54) is 6.20 Å². The van der Waals surface area contributed by atoms with Crippen LogP contribution in [0.1, 0.15) is 21.7 Å². The lowest BCUT2D eigenvalue weighted by molar-refractivity contribution is 0.0945. The van der Waals surface area contributed by atoms with E-state index in [4.69, 9.17) is 5.73 Å². The number of aromatic nitrogens is 2. The summed E-state index contributed by atoms with van der Waals surface area (Å²) in [6.07, 6.45) is 2.98. The van der Waals surface area contributed by atoms with Gasteiger partial charge in [0.15, 0.2) is 0 Å². The summed E-state index contributed by atoms with van der Waals surface area (Å²) in [7, 11) is 0. The SMILES string of the molecule is Cc1cnc(C(=O)NCc2ccc(NC(N)=O)cc2)cn1. The van der Waals surface area contributed by atoms with Crippen molar-refractivity contribution < 1.29 is 9.59 Å². The molecule has 0 radical (unpaired) electrons. The summed E-state index contributed by atoms with van der Waals surface area (Å²) < 4.78 is 0. The highest BCUT2D eigenvalue weighted by atomic mass is 16.2. The predicted molar refractivity (Wildman–Crippen MR) is 77.6 cm³/mol. The van der Waals surface area contributed by atoms with Crippen LogP contribution in [-0.2, 0) is 6.54 Å². The van der Waals surface area contributed by atoms with Crippen LogP contribution in [0, 0.1) is 6.92 Å². The smallest absolute Gasteiger partial charge is 0.316 e. The van der Waals surface area contributed by atoms with Crippen LogP contribution < -0.4 is 16.4 Å². The molecule has 1 aromatic heterocycles. The van der Waals surface area contributed by atoms with Crippen molar-refractivity contribution in [2.24, 2.45) is 5.73 Å². The van der Waals surface area contributed by atoms with Crippen LogP contribution in [0.2, 0.25) is 0 Å². The number of anilines is 1. The van der Waals surface area contributed by atoms with Gasteiger partial charge in [0, 0.05) is 18.4 Å². The number of nitrogens with zero attached hydrogens (tertiary/aromatic N) is 2. The zero-order valence-corrected chi connectivity index (χ0v) is 11.5. The van der Waals surface area contributed by atoms with Crippen molar-refractivity contribution in [3.8, 4) is 0 Å². The standard InChI is InChI=1S/C14H15N5O2/c1-9-6-17-12(8-16-9)13(20)18-7-10-2-4-11(5-3-10)19-14(15)21/h2-6,8H,7H2,1H3,(H,18,20)(H3,15,19,21). The summed E-state index contributed by atoms with van der Waals surface area (Å²) in [6.45, 7) is 2.15. The second kappa shape index (κ2) is 6.47. The third-order valence-corrected chi connectivity index (χ3v) is 2.69. The Bertz CT molecular complexity index is 637. The first kappa shape index (κ1) is 14.4. The van der Waals surface area contributed by atoms with Gasteiger partial charge in [-0.1, -0.05) is 12.1 Å². The Morgan fingerprint density at radius 2 is 1.86 bits per heavy atom. The van der Waals surface area contributed by atoms with Crippen LogP contribution >= 0.6 is 0 Å². The summed E-state index contributed by atoms with van der Waals surface area (Å²) in [6, 6.07) is 6.36. The Morgan fingerprint density at radius 1 is 1.14 bits per heavy atom. The third kappa shape index (κ3) is 4.27. The van der Waals surface area contributed by atoms with Crippen molar-refractivity contribution in [1.82, 2.24) is 15.3 Å². The molecule has 0 bridgehead atoms. The maximum absolute atomic E-state index is 11.9. The van der Waals surface area contributed by atoms with Gasteiger partial charge in [-0.25, -0.2) is 9.78 Å². The molecular weight excluding hydrogens is 270 g/mol. The van der Waals surface area contributed by atoms with E-state index in [1.54, 1.807) is 37.4 Å². The number of hydrogen-bond acceptors (Lipinski definition) is 4. The van der Waals surface area contributed by atoms with Crippen molar-refractivity contribution in [3.63, 3.8) is 0 Å². The molecule has 108 valence electrons. The first-order valence-corrected chi connectivity index (χ1v) is 6.27. The molecule has 1 aromatic carbocycles. The van der Waals surface area contributed by atoms with E-state index >= 15 is 0 Å². The molecule has 2 rings (SSSR count). The Labute approximate surface area is 121 Å². The molecular formula is C14H15N5O2. The van der Waals surface area contributed by atoms with E-state index in [1.807, 2.05) is 0 Å². The molecule has 0 aliphatic carbocycles. The van der Waals surface area contributed by atoms with Gasteiger partial charge < -0.3 is 16.4 Å².